The van der Waals surface area contributed by atoms with Crippen LogP contribution in [0, 0.1) is 6.92 Å². The predicted octanol–water partition coefficient (Wildman–Crippen LogP) is 6.69. The zero-order chi connectivity index (χ0) is 35.2. The van der Waals surface area contributed by atoms with Crippen LogP contribution >= 0.6 is 22.9 Å². The third-order valence-corrected chi connectivity index (χ3v) is 10.5. The van der Waals surface area contributed by atoms with Crippen LogP contribution in [-0.4, -0.2) is 89.5 Å². The van der Waals surface area contributed by atoms with Gasteiger partial charge in [0, 0.05) is 49.6 Å². The second-order valence-corrected chi connectivity index (χ2v) is 15.6. The highest BCUT2D eigenvalue weighted by atomic mass is 35.5. The number of hydrogen-bond donors (Lipinski definition) is 2. The van der Waals surface area contributed by atoms with Gasteiger partial charge in [-0.05, 0) is 101 Å². The first-order valence-electron chi connectivity index (χ1n) is 16.6. The molecule has 5 heterocycles. The number of carboxylic acids is 1. The third kappa shape index (κ3) is 7.65. The first-order chi connectivity index (χ1) is 23.2. The molecule has 2 aliphatic rings. The summed E-state index contributed by atoms with van der Waals surface area (Å²) in [6.07, 6.45) is 1.93. The van der Waals surface area contributed by atoms with Crippen molar-refractivity contribution in [2.24, 2.45) is 7.05 Å². The molecule has 0 atom stereocenters. The quantitative estimate of drug-likeness (QED) is 0.201. The number of aromatic nitrogens is 4. The minimum absolute atomic E-state index is 0.0786. The van der Waals surface area contributed by atoms with Gasteiger partial charge in [-0.3, -0.25) is 19.2 Å². The third-order valence-electron chi connectivity index (χ3n) is 9.15. The minimum atomic E-state index is -0.875. The molecule has 0 bridgehead atoms. The maximum atomic E-state index is 11.8. The molecular formula is C37H43ClN6O4S. The fraction of sp³-hybridized carbons (Fsp3) is 0.432. The Kier molecular flexibility index (Phi) is 9.83. The van der Waals surface area contributed by atoms with Crippen molar-refractivity contribution in [2.45, 2.75) is 71.4 Å². The first kappa shape index (κ1) is 34.9. The minimum Gasteiger partial charge on any atom is -0.481 e. The molecule has 3 aromatic heterocycles. The highest BCUT2D eigenvalue weighted by molar-refractivity contribution is 7.22. The highest BCUT2D eigenvalue weighted by Crippen LogP contribution is 2.41. The van der Waals surface area contributed by atoms with Crippen LogP contribution in [0.25, 0.3) is 43.1 Å². The number of pyridine rings is 1. The Hall–Kier alpha value is -3.90. The average molecular weight is 703 g/mol. The lowest BCUT2D eigenvalue weighted by atomic mass is 9.91. The van der Waals surface area contributed by atoms with Gasteiger partial charge in [0.15, 0.2) is 0 Å². The normalized spacial score (nSPS) is 16.1. The first-order valence-corrected chi connectivity index (χ1v) is 17.8. The van der Waals surface area contributed by atoms with E-state index in [1.807, 2.05) is 60.0 Å². The molecule has 258 valence electrons. The van der Waals surface area contributed by atoms with Crippen molar-refractivity contribution in [3.8, 4) is 21.8 Å². The molecule has 2 aliphatic heterocycles. The molecular weight excluding hydrogens is 660 g/mol. The van der Waals surface area contributed by atoms with Gasteiger partial charge >= 0.3 is 5.97 Å². The van der Waals surface area contributed by atoms with Gasteiger partial charge in [-0.2, -0.15) is 5.10 Å². The predicted molar refractivity (Wildman–Crippen MR) is 195 cm³/mol. The Bertz CT molecular complexity index is 2010. The topological polar surface area (TPSA) is 125 Å². The molecule has 49 heavy (non-hydrogen) atoms. The monoisotopic (exact) mass is 702 g/mol. The molecule has 2 fully saturated rings. The largest absolute Gasteiger partial charge is 0.481 e. The molecule has 0 unspecified atom stereocenters. The number of amides is 1. The Morgan fingerprint density at radius 3 is 2.31 bits per heavy atom. The zero-order valence-corrected chi connectivity index (χ0v) is 30.4. The van der Waals surface area contributed by atoms with Gasteiger partial charge in [0.1, 0.15) is 10.5 Å². The summed E-state index contributed by atoms with van der Waals surface area (Å²) in [5.74, 6) is -0.405. The number of thiazole rings is 1. The lowest BCUT2D eigenvalue weighted by molar-refractivity contribution is -0.137. The van der Waals surface area contributed by atoms with E-state index in [1.54, 1.807) is 27.7 Å². The lowest BCUT2D eigenvalue weighted by Crippen LogP contribution is -2.61. The van der Waals surface area contributed by atoms with Crippen LogP contribution in [0.1, 0.15) is 63.3 Å². The van der Waals surface area contributed by atoms with Gasteiger partial charge in [0.2, 0.25) is 5.91 Å². The van der Waals surface area contributed by atoms with Gasteiger partial charge in [0.05, 0.1) is 39.1 Å². The molecule has 2 aromatic carbocycles. The van der Waals surface area contributed by atoms with E-state index in [9.17, 15) is 14.7 Å². The van der Waals surface area contributed by atoms with E-state index < -0.39 is 11.6 Å². The number of nitrogens with zero attached hydrogens (tertiary/aromatic N) is 6. The summed E-state index contributed by atoms with van der Waals surface area (Å²) in [7, 11) is 1.97. The Morgan fingerprint density at radius 1 is 1.04 bits per heavy atom. The summed E-state index contributed by atoms with van der Waals surface area (Å²) in [6, 6.07) is 14.0. The molecule has 0 aliphatic carbocycles. The number of halogens is 1. The fourth-order valence-electron chi connectivity index (χ4n) is 6.69. The van der Waals surface area contributed by atoms with E-state index in [-0.39, 0.29) is 12.3 Å². The van der Waals surface area contributed by atoms with Crippen molar-refractivity contribution < 1.29 is 19.8 Å². The van der Waals surface area contributed by atoms with Crippen LogP contribution in [0.3, 0.4) is 0 Å². The van der Waals surface area contributed by atoms with Crippen molar-refractivity contribution in [2.75, 3.05) is 26.2 Å². The van der Waals surface area contributed by atoms with Crippen molar-refractivity contribution in [3.05, 3.63) is 64.3 Å². The summed E-state index contributed by atoms with van der Waals surface area (Å²) in [5, 5.41) is 24.6. The van der Waals surface area contributed by atoms with Crippen LogP contribution in [0.2, 0.25) is 5.02 Å². The van der Waals surface area contributed by atoms with Gasteiger partial charge < -0.3 is 15.1 Å². The van der Waals surface area contributed by atoms with Crippen LogP contribution in [0.4, 0.5) is 0 Å². The summed E-state index contributed by atoms with van der Waals surface area (Å²) in [4.78, 5) is 38.0. The van der Waals surface area contributed by atoms with Crippen LogP contribution < -0.4 is 0 Å². The van der Waals surface area contributed by atoms with Crippen LogP contribution in [-0.2, 0) is 23.1 Å². The number of aryl methyl sites for hydroxylation is 2. The standard InChI is InChI=1S/C33H33ClN6O3S.C4H10O/c1-18-14-26-32(29(24(18)15-28(42)43)20-4-6-22(34)7-5-20)44-33(36-26)25-8-9-27-31(35-25)30(37-38(27)3)21-10-12-39(13-11-21)23-16-40(17-23)19(2)41;1-4(2,3)5/h4-9,14,21,23H,10-13,15-17H2,1-3H3,(H,42,43);5H,1-3H3. The number of fused-ring (bicyclic) bond motifs is 2. The van der Waals surface area contributed by atoms with E-state index in [2.05, 4.69) is 11.0 Å². The molecule has 0 spiro atoms. The number of aliphatic hydroxyl groups is 1. The number of benzene rings is 2. The fourth-order valence-corrected chi connectivity index (χ4v) is 7.92. The van der Waals surface area contributed by atoms with Crippen LogP contribution in [0.15, 0.2) is 42.5 Å². The number of carboxylic acid groups (broad SMARTS) is 1. The molecule has 12 heteroatoms. The number of aliphatic carboxylic acids is 1. The summed E-state index contributed by atoms with van der Waals surface area (Å²) in [6.45, 7) is 12.4. The van der Waals surface area contributed by atoms with Gasteiger partial charge in [-0.25, -0.2) is 9.97 Å². The second kappa shape index (κ2) is 13.8. The molecule has 7 rings (SSSR count). The van der Waals surface area contributed by atoms with Crippen molar-refractivity contribution in [1.82, 2.24) is 29.5 Å². The van der Waals surface area contributed by atoms with Crippen LogP contribution in [0.5, 0.6) is 0 Å². The second-order valence-electron chi connectivity index (χ2n) is 14.1. The van der Waals surface area contributed by atoms with Crippen molar-refractivity contribution >= 4 is 56.1 Å². The molecule has 1 amide bonds. The zero-order valence-electron chi connectivity index (χ0n) is 28.8. The van der Waals surface area contributed by atoms with Gasteiger partial charge in [0.25, 0.3) is 0 Å². The van der Waals surface area contributed by atoms with Gasteiger partial charge in [-0.1, -0.05) is 23.7 Å². The highest BCUT2D eigenvalue weighted by Gasteiger charge is 2.36. The lowest BCUT2D eigenvalue weighted by Gasteiger charge is -2.47. The van der Waals surface area contributed by atoms with E-state index in [0.29, 0.717) is 17.0 Å². The molecule has 0 radical (unpaired) electrons. The molecule has 2 N–H and O–H groups in total. The molecule has 2 saturated heterocycles. The molecule has 5 aromatic rings. The maximum absolute atomic E-state index is 11.8. The molecule has 10 nitrogen and oxygen atoms in total. The number of carbonyl (C=O) groups excluding carboxylic acids is 1. The SMILES string of the molecule is CC(=O)N1CC(N2CCC(c3nn(C)c4ccc(-c5nc6cc(C)c(CC(=O)O)c(-c7ccc(Cl)cc7)c6s5)nc34)CC2)C1.CC(C)(C)O. The Labute approximate surface area is 295 Å². The summed E-state index contributed by atoms with van der Waals surface area (Å²) >= 11 is 7.72. The van der Waals surface area contributed by atoms with E-state index in [1.165, 1.54) is 11.3 Å². The maximum Gasteiger partial charge on any atom is 0.307 e. The Balaban J connectivity index is 0.000000778. The van der Waals surface area contributed by atoms with E-state index >= 15 is 0 Å². The smallest absolute Gasteiger partial charge is 0.307 e. The summed E-state index contributed by atoms with van der Waals surface area (Å²) in [5.41, 5.74) is 7.50. The number of piperidine rings is 1. The van der Waals surface area contributed by atoms with Gasteiger partial charge in [-0.15, -0.1) is 11.3 Å². The van der Waals surface area contributed by atoms with Crippen molar-refractivity contribution in [1.29, 1.82) is 0 Å². The Morgan fingerprint density at radius 2 is 1.69 bits per heavy atom. The van der Waals surface area contributed by atoms with Crippen molar-refractivity contribution in [3.63, 3.8) is 0 Å². The van der Waals surface area contributed by atoms with E-state index in [4.69, 9.17) is 31.8 Å². The number of likely N-dealkylation sites (tertiary alicyclic amines) is 2. The number of rotatable bonds is 6. The number of carbonyl (C=O) groups is 2. The summed E-state index contributed by atoms with van der Waals surface area (Å²) < 4.78 is 2.85. The molecule has 0 saturated carbocycles. The van der Waals surface area contributed by atoms with E-state index in [0.717, 1.165) is 98.9 Å². The number of hydrogen-bond acceptors (Lipinski definition) is 8. The average Bonchev–Trinajstić information content (AvgIpc) is 3.57.